The maximum absolute atomic E-state index is 14.0. The molecular weight excluding hydrogens is 236 g/mol. The van der Waals surface area contributed by atoms with E-state index in [-0.39, 0.29) is 5.56 Å². The van der Waals surface area contributed by atoms with E-state index < -0.39 is 17.3 Å². The second-order valence-electron chi connectivity index (χ2n) is 5.16. The Balaban J connectivity index is 1.97. The van der Waals surface area contributed by atoms with Crippen molar-refractivity contribution < 1.29 is 13.5 Å². The Labute approximate surface area is 104 Å². The third kappa shape index (κ3) is 1.62. The fraction of sp³-hybridized carbons (Fsp3) is 0.500. The summed E-state index contributed by atoms with van der Waals surface area (Å²) in [5, 5.41) is 9.19. The van der Waals surface area contributed by atoms with Gasteiger partial charge < -0.3 is 4.74 Å². The minimum absolute atomic E-state index is 0.0315. The van der Waals surface area contributed by atoms with Crippen molar-refractivity contribution in [3.63, 3.8) is 0 Å². The van der Waals surface area contributed by atoms with Gasteiger partial charge in [0.05, 0.1) is 19.3 Å². The van der Waals surface area contributed by atoms with Gasteiger partial charge in [-0.1, -0.05) is 18.2 Å². The number of halogens is 2. The van der Waals surface area contributed by atoms with Crippen molar-refractivity contribution in [2.45, 2.75) is 24.2 Å². The maximum Gasteiger partial charge on any atom is 0.276 e. The first-order valence-corrected chi connectivity index (χ1v) is 6.06. The zero-order chi connectivity index (χ0) is 12.8. The van der Waals surface area contributed by atoms with Gasteiger partial charge in [0.2, 0.25) is 0 Å². The molecule has 1 aliphatic carbocycles. The number of ether oxygens (including phenoxy) is 1. The molecule has 0 atom stereocenters. The molecule has 0 aromatic heterocycles. The van der Waals surface area contributed by atoms with Crippen molar-refractivity contribution >= 4 is 0 Å². The summed E-state index contributed by atoms with van der Waals surface area (Å²) in [6, 6.07) is 8.46. The first kappa shape index (κ1) is 11.6. The number of hydrogen-bond donors (Lipinski definition) is 0. The molecule has 0 N–H and O–H groups in total. The molecule has 18 heavy (non-hydrogen) atoms. The van der Waals surface area contributed by atoms with Crippen LogP contribution in [0.3, 0.4) is 0 Å². The highest BCUT2D eigenvalue weighted by Crippen LogP contribution is 2.50. The molecule has 1 aromatic rings. The lowest BCUT2D eigenvalue weighted by molar-refractivity contribution is -0.0341. The van der Waals surface area contributed by atoms with Crippen LogP contribution in [-0.4, -0.2) is 13.2 Å². The smallest absolute Gasteiger partial charge is 0.276 e. The van der Waals surface area contributed by atoms with E-state index in [0.29, 0.717) is 31.6 Å². The van der Waals surface area contributed by atoms with Crippen LogP contribution in [0, 0.1) is 17.2 Å². The number of nitrogens with zero attached hydrogens (tertiary/aromatic N) is 1. The van der Waals surface area contributed by atoms with Gasteiger partial charge in [0.15, 0.2) is 0 Å². The molecule has 94 valence electrons. The Hall–Kier alpha value is -1.47. The Bertz CT molecular complexity index is 513. The Kier molecular flexibility index (Phi) is 2.43. The molecule has 0 amide bonds. The molecule has 1 saturated carbocycles. The minimum atomic E-state index is -2.77. The van der Waals surface area contributed by atoms with Crippen LogP contribution in [0.5, 0.6) is 0 Å². The first-order valence-electron chi connectivity index (χ1n) is 6.06. The molecule has 2 aliphatic rings. The van der Waals surface area contributed by atoms with Crippen molar-refractivity contribution in [3.05, 3.63) is 35.4 Å². The van der Waals surface area contributed by atoms with E-state index in [1.54, 1.807) is 12.1 Å². The Morgan fingerprint density at radius 1 is 1.33 bits per heavy atom. The molecule has 2 nitrogen and oxygen atoms in total. The lowest BCUT2D eigenvalue weighted by Gasteiger charge is -2.35. The molecule has 1 saturated heterocycles. The highest BCUT2D eigenvalue weighted by Gasteiger charge is 2.49. The van der Waals surface area contributed by atoms with E-state index >= 15 is 0 Å². The largest absolute Gasteiger partial charge is 0.377 e. The topological polar surface area (TPSA) is 33.0 Å². The van der Waals surface area contributed by atoms with E-state index in [1.165, 1.54) is 12.1 Å². The van der Waals surface area contributed by atoms with Crippen molar-refractivity contribution in [1.29, 1.82) is 5.26 Å². The van der Waals surface area contributed by atoms with Crippen molar-refractivity contribution in [1.82, 2.24) is 0 Å². The van der Waals surface area contributed by atoms with Crippen LogP contribution in [0.15, 0.2) is 24.3 Å². The molecule has 0 spiro atoms. The third-order valence-corrected chi connectivity index (χ3v) is 3.80. The zero-order valence-electron chi connectivity index (χ0n) is 9.83. The molecule has 1 heterocycles. The molecule has 0 unspecified atom stereocenters. The van der Waals surface area contributed by atoms with E-state index in [1.807, 2.05) is 0 Å². The predicted octanol–water partition coefficient (Wildman–Crippen LogP) is 2.98. The zero-order valence-corrected chi connectivity index (χ0v) is 9.83. The van der Waals surface area contributed by atoms with Gasteiger partial charge in [0.1, 0.15) is 5.41 Å². The minimum Gasteiger partial charge on any atom is -0.377 e. The number of hydrogen-bond acceptors (Lipinski definition) is 2. The van der Waals surface area contributed by atoms with Crippen LogP contribution in [-0.2, 0) is 16.1 Å². The number of nitriles is 1. The van der Waals surface area contributed by atoms with E-state index in [9.17, 15) is 14.0 Å². The van der Waals surface area contributed by atoms with Gasteiger partial charge in [-0.3, -0.25) is 0 Å². The summed E-state index contributed by atoms with van der Waals surface area (Å²) >= 11 is 0. The summed E-state index contributed by atoms with van der Waals surface area (Å²) < 4.78 is 33.1. The van der Waals surface area contributed by atoms with Gasteiger partial charge in [-0.2, -0.15) is 5.26 Å². The van der Waals surface area contributed by atoms with Crippen LogP contribution >= 0.6 is 0 Å². The normalized spacial score (nSPS) is 22.1. The quantitative estimate of drug-likeness (QED) is 0.825. The average molecular weight is 249 g/mol. The van der Waals surface area contributed by atoms with Crippen LogP contribution < -0.4 is 0 Å². The summed E-state index contributed by atoms with van der Waals surface area (Å²) in [5.41, 5.74) is -0.0478. The molecule has 4 heteroatoms. The molecule has 1 aliphatic heterocycles. The highest BCUT2D eigenvalue weighted by molar-refractivity contribution is 5.39. The number of rotatable bonds is 3. The molecule has 0 bridgehead atoms. The average Bonchev–Trinajstić information content (AvgIpc) is 3.13. The van der Waals surface area contributed by atoms with E-state index in [0.717, 1.165) is 0 Å². The monoisotopic (exact) mass is 249 g/mol. The summed E-state index contributed by atoms with van der Waals surface area (Å²) in [6.45, 7) is 0.587. The highest BCUT2D eigenvalue weighted by atomic mass is 19.3. The fourth-order valence-electron chi connectivity index (χ4n) is 2.31. The van der Waals surface area contributed by atoms with Crippen LogP contribution in [0.25, 0.3) is 0 Å². The van der Waals surface area contributed by atoms with Gasteiger partial charge in [0, 0.05) is 11.5 Å². The lowest BCUT2D eigenvalue weighted by Crippen LogP contribution is -2.45. The molecule has 3 rings (SSSR count). The standard InChI is InChI=1S/C14H13F2NO/c15-14(16,10-4-5-10)12-3-1-2-11(6-12)13(7-17)8-18-9-13/h1-3,6,10H,4-5,8-9H2. The summed E-state index contributed by atoms with van der Waals surface area (Å²) in [7, 11) is 0. The second kappa shape index (κ2) is 3.76. The number of benzene rings is 1. The first-order chi connectivity index (χ1) is 8.58. The maximum atomic E-state index is 14.0. The molecular formula is C14H13F2NO. The summed E-state index contributed by atoms with van der Waals surface area (Å²) in [4.78, 5) is 0. The van der Waals surface area contributed by atoms with Crippen LogP contribution in [0.1, 0.15) is 24.0 Å². The Morgan fingerprint density at radius 3 is 2.56 bits per heavy atom. The Morgan fingerprint density at radius 2 is 2.06 bits per heavy atom. The predicted molar refractivity (Wildman–Crippen MR) is 61.2 cm³/mol. The second-order valence-corrected chi connectivity index (χ2v) is 5.16. The summed E-state index contributed by atoms with van der Waals surface area (Å²) in [5.74, 6) is -3.29. The van der Waals surface area contributed by atoms with Crippen LogP contribution in [0.2, 0.25) is 0 Å². The SMILES string of the molecule is N#CC1(c2cccc(C(F)(F)C3CC3)c2)COC1. The van der Waals surface area contributed by atoms with Crippen LogP contribution in [0.4, 0.5) is 8.78 Å². The van der Waals surface area contributed by atoms with Gasteiger partial charge in [-0.15, -0.1) is 0 Å². The summed E-state index contributed by atoms with van der Waals surface area (Å²) in [6.07, 6.45) is 1.17. The van der Waals surface area contributed by atoms with Crippen molar-refractivity contribution in [2.75, 3.05) is 13.2 Å². The molecule has 0 radical (unpaired) electrons. The fourth-order valence-corrected chi connectivity index (χ4v) is 2.31. The lowest BCUT2D eigenvalue weighted by atomic mass is 9.79. The van der Waals surface area contributed by atoms with Gasteiger partial charge >= 0.3 is 0 Å². The van der Waals surface area contributed by atoms with E-state index in [4.69, 9.17) is 4.74 Å². The molecule has 2 fully saturated rings. The van der Waals surface area contributed by atoms with Crippen molar-refractivity contribution in [3.8, 4) is 6.07 Å². The van der Waals surface area contributed by atoms with Gasteiger partial charge in [0.25, 0.3) is 5.92 Å². The van der Waals surface area contributed by atoms with Gasteiger partial charge in [-0.05, 0) is 24.5 Å². The van der Waals surface area contributed by atoms with Gasteiger partial charge in [-0.25, -0.2) is 8.78 Å². The van der Waals surface area contributed by atoms with Crippen molar-refractivity contribution in [2.24, 2.45) is 5.92 Å². The number of alkyl halides is 2. The molecule has 1 aromatic carbocycles. The van der Waals surface area contributed by atoms with E-state index in [2.05, 4.69) is 6.07 Å². The third-order valence-electron chi connectivity index (χ3n) is 3.80.